The summed E-state index contributed by atoms with van der Waals surface area (Å²) in [7, 11) is 0. The number of pyridine rings is 1. The molecule has 2 heterocycles. The molecule has 1 fully saturated rings. The van der Waals surface area contributed by atoms with Gasteiger partial charge in [-0.05, 0) is 18.4 Å². The summed E-state index contributed by atoms with van der Waals surface area (Å²) >= 11 is 0. The summed E-state index contributed by atoms with van der Waals surface area (Å²) in [6.07, 6.45) is 4.53. The molecular weight excluding hydrogens is 204 g/mol. The van der Waals surface area contributed by atoms with E-state index in [1.54, 1.807) is 12.4 Å². The Morgan fingerprint density at radius 1 is 1.50 bits per heavy atom. The minimum Gasteiger partial charge on any atom is -0.394 e. The van der Waals surface area contributed by atoms with Gasteiger partial charge in [-0.2, -0.15) is 0 Å². The maximum Gasteiger partial charge on any atom is 0.0703 e. The first-order valence-corrected chi connectivity index (χ1v) is 5.69. The van der Waals surface area contributed by atoms with Crippen molar-refractivity contribution in [1.29, 1.82) is 0 Å². The molecule has 2 N–H and O–H groups in total. The molecule has 88 valence electrons. The van der Waals surface area contributed by atoms with Crippen LogP contribution in [0, 0.1) is 5.92 Å². The topological polar surface area (TPSA) is 56.6 Å². The Morgan fingerprint density at radius 2 is 2.31 bits per heavy atom. The minimum atomic E-state index is 0.0148. The number of rotatable bonds is 3. The number of hydrogen-bond donors (Lipinski definition) is 2. The van der Waals surface area contributed by atoms with Crippen LogP contribution in [-0.2, 0) is 6.61 Å². The molecule has 4 heteroatoms. The van der Waals surface area contributed by atoms with Gasteiger partial charge in [0.2, 0.25) is 0 Å². The van der Waals surface area contributed by atoms with Crippen molar-refractivity contribution in [3.05, 3.63) is 24.0 Å². The molecule has 1 aliphatic heterocycles. The van der Waals surface area contributed by atoms with Gasteiger partial charge < -0.3 is 15.1 Å². The molecule has 0 saturated carbocycles. The zero-order valence-corrected chi connectivity index (χ0v) is 9.50. The molecule has 2 atom stereocenters. The third-order valence-corrected chi connectivity index (χ3v) is 3.44. The van der Waals surface area contributed by atoms with E-state index in [-0.39, 0.29) is 19.3 Å². The SMILES string of the molecule is CC1CCN(c2cnccc2CO)C1CO. The zero-order valence-electron chi connectivity index (χ0n) is 9.50. The second-order valence-corrected chi connectivity index (χ2v) is 4.37. The molecule has 0 spiro atoms. The third kappa shape index (κ3) is 1.90. The fourth-order valence-electron chi connectivity index (χ4n) is 2.39. The summed E-state index contributed by atoms with van der Waals surface area (Å²) in [6.45, 7) is 3.24. The van der Waals surface area contributed by atoms with Crippen molar-refractivity contribution < 1.29 is 10.2 Å². The Bertz CT molecular complexity index is 357. The maximum atomic E-state index is 9.41. The molecule has 0 amide bonds. The number of aliphatic hydroxyl groups excluding tert-OH is 2. The molecule has 1 aromatic heterocycles. The highest BCUT2D eigenvalue weighted by atomic mass is 16.3. The highest BCUT2D eigenvalue weighted by Gasteiger charge is 2.31. The molecule has 16 heavy (non-hydrogen) atoms. The van der Waals surface area contributed by atoms with E-state index in [2.05, 4.69) is 16.8 Å². The molecule has 0 aliphatic carbocycles. The number of nitrogens with zero attached hydrogens (tertiary/aromatic N) is 2. The van der Waals surface area contributed by atoms with Crippen LogP contribution >= 0.6 is 0 Å². The van der Waals surface area contributed by atoms with Crippen molar-refractivity contribution in [3.8, 4) is 0 Å². The highest BCUT2D eigenvalue weighted by Crippen LogP contribution is 2.31. The van der Waals surface area contributed by atoms with Gasteiger partial charge in [0.25, 0.3) is 0 Å². The van der Waals surface area contributed by atoms with E-state index in [1.165, 1.54) is 0 Å². The fraction of sp³-hybridized carbons (Fsp3) is 0.583. The first-order valence-electron chi connectivity index (χ1n) is 5.69. The van der Waals surface area contributed by atoms with E-state index in [9.17, 15) is 10.2 Å². The van der Waals surface area contributed by atoms with Crippen LogP contribution < -0.4 is 4.90 Å². The van der Waals surface area contributed by atoms with Crippen molar-refractivity contribution in [1.82, 2.24) is 4.98 Å². The molecule has 1 aliphatic rings. The lowest BCUT2D eigenvalue weighted by molar-refractivity contribution is 0.243. The second kappa shape index (κ2) is 4.80. The molecular formula is C12H18N2O2. The smallest absolute Gasteiger partial charge is 0.0703 e. The van der Waals surface area contributed by atoms with E-state index in [0.717, 1.165) is 24.2 Å². The van der Waals surface area contributed by atoms with Gasteiger partial charge in [0.15, 0.2) is 0 Å². The molecule has 2 rings (SSSR count). The highest BCUT2D eigenvalue weighted by molar-refractivity contribution is 5.53. The third-order valence-electron chi connectivity index (χ3n) is 3.44. The van der Waals surface area contributed by atoms with Crippen LogP contribution in [0.4, 0.5) is 5.69 Å². The van der Waals surface area contributed by atoms with E-state index in [4.69, 9.17) is 0 Å². The van der Waals surface area contributed by atoms with Crippen molar-refractivity contribution >= 4 is 5.69 Å². The number of aromatic nitrogens is 1. The summed E-state index contributed by atoms with van der Waals surface area (Å²) in [5, 5.41) is 18.7. The average molecular weight is 222 g/mol. The van der Waals surface area contributed by atoms with E-state index >= 15 is 0 Å². The fourth-order valence-corrected chi connectivity index (χ4v) is 2.39. The number of aliphatic hydroxyl groups is 2. The summed E-state index contributed by atoms with van der Waals surface area (Å²) in [5.74, 6) is 0.483. The molecule has 1 aromatic rings. The summed E-state index contributed by atoms with van der Waals surface area (Å²) in [5.41, 5.74) is 1.83. The van der Waals surface area contributed by atoms with Gasteiger partial charge in [0, 0.05) is 18.3 Å². The molecule has 2 unspecified atom stereocenters. The van der Waals surface area contributed by atoms with Crippen LogP contribution in [-0.4, -0.2) is 34.4 Å². The van der Waals surface area contributed by atoms with E-state index in [1.807, 2.05) is 6.07 Å². The van der Waals surface area contributed by atoms with Crippen molar-refractivity contribution in [2.24, 2.45) is 5.92 Å². The largest absolute Gasteiger partial charge is 0.394 e. The Labute approximate surface area is 95.5 Å². The summed E-state index contributed by atoms with van der Waals surface area (Å²) in [6, 6.07) is 1.97. The molecule has 1 saturated heterocycles. The van der Waals surface area contributed by atoms with Crippen molar-refractivity contribution in [2.75, 3.05) is 18.1 Å². The predicted molar refractivity (Wildman–Crippen MR) is 62.2 cm³/mol. The van der Waals surface area contributed by atoms with Crippen LogP contribution in [0.1, 0.15) is 18.9 Å². The van der Waals surface area contributed by atoms with Gasteiger partial charge in [-0.15, -0.1) is 0 Å². The lowest BCUT2D eigenvalue weighted by Gasteiger charge is -2.28. The molecule has 4 nitrogen and oxygen atoms in total. The van der Waals surface area contributed by atoms with Gasteiger partial charge >= 0.3 is 0 Å². The van der Waals surface area contributed by atoms with E-state index in [0.29, 0.717) is 5.92 Å². The quantitative estimate of drug-likeness (QED) is 0.793. The second-order valence-electron chi connectivity index (χ2n) is 4.37. The summed E-state index contributed by atoms with van der Waals surface area (Å²) in [4.78, 5) is 6.25. The predicted octanol–water partition coefficient (Wildman–Crippen LogP) is 0.781. The van der Waals surface area contributed by atoms with Gasteiger partial charge in [-0.3, -0.25) is 4.98 Å². The average Bonchev–Trinajstić information content (AvgIpc) is 2.70. The Kier molecular flexibility index (Phi) is 3.41. The Balaban J connectivity index is 2.29. The van der Waals surface area contributed by atoms with Gasteiger partial charge in [0.1, 0.15) is 0 Å². The maximum absolute atomic E-state index is 9.41. The first-order chi connectivity index (χ1) is 7.77. The van der Waals surface area contributed by atoms with Gasteiger partial charge in [0.05, 0.1) is 31.1 Å². The van der Waals surface area contributed by atoms with Gasteiger partial charge in [-0.25, -0.2) is 0 Å². The number of hydrogen-bond acceptors (Lipinski definition) is 4. The minimum absolute atomic E-state index is 0.0148. The molecule has 0 radical (unpaired) electrons. The number of anilines is 1. The Morgan fingerprint density at radius 3 is 3.00 bits per heavy atom. The van der Waals surface area contributed by atoms with Crippen LogP contribution in [0.5, 0.6) is 0 Å². The van der Waals surface area contributed by atoms with Crippen LogP contribution in [0.2, 0.25) is 0 Å². The first kappa shape index (κ1) is 11.4. The lowest BCUT2D eigenvalue weighted by atomic mass is 10.0. The van der Waals surface area contributed by atoms with Crippen LogP contribution in [0.25, 0.3) is 0 Å². The van der Waals surface area contributed by atoms with E-state index < -0.39 is 0 Å². The normalized spacial score (nSPS) is 25.1. The Hall–Kier alpha value is -1.13. The monoisotopic (exact) mass is 222 g/mol. The summed E-state index contributed by atoms with van der Waals surface area (Å²) < 4.78 is 0. The van der Waals surface area contributed by atoms with Crippen LogP contribution in [0.15, 0.2) is 18.5 Å². The molecule has 0 aromatic carbocycles. The lowest BCUT2D eigenvalue weighted by Crippen LogP contribution is -2.35. The van der Waals surface area contributed by atoms with Crippen molar-refractivity contribution in [2.45, 2.75) is 26.0 Å². The zero-order chi connectivity index (χ0) is 11.5. The van der Waals surface area contributed by atoms with Crippen molar-refractivity contribution in [3.63, 3.8) is 0 Å². The van der Waals surface area contributed by atoms with Gasteiger partial charge in [-0.1, -0.05) is 6.92 Å². The standard InChI is InChI=1S/C12H18N2O2/c1-9-3-5-14(12(9)8-16)11-6-13-4-2-10(11)7-15/h2,4,6,9,12,15-16H,3,5,7-8H2,1H3. The van der Waals surface area contributed by atoms with Crippen LogP contribution in [0.3, 0.4) is 0 Å². The molecule has 0 bridgehead atoms.